The molecular formula is C29H28Cl2N6O3. The van der Waals surface area contributed by atoms with Gasteiger partial charge in [0.05, 0.1) is 23.7 Å². The van der Waals surface area contributed by atoms with Crippen LogP contribution in [0.3, 0.4) is 0 Å². The third kappa shape index (κ3) is 7.50. The van der Waals surface area contributed by atoms with E-state index in [1.54, 1.807) is 55.2 Å². The first-order chi connectivity index (χ1) is 19.2. The zero-order chi connectivity index (χ0) is 28.6. The topological polar surface area (TPSA) is 111 Å². The van der Waals surface area contributed by atoms with Crippen molar-refractivity contribution in [3.05, 3.63) is 93.3 Å². The first kappa shape index (κ1) is 28.9. The van der Waals surface area contributed by atoms with Crippen LogP contribution in [0.15, 0.2) is 82.2 Å². The zero-order valence-corrected chi connectivity index (χ0v) is 23.6. The molecule has 0 radical (unpaired) electrons. The Morgan fingerprint density at radius 3 is 2.62 bits per heavy atom. The van der Waals surface area contributed by atoms with Gasteiger partial charge in [-0.15, -0.1) is 0 Å². The maximum atomic E-state index is 13.3. The smallest absolute Gasteiger partial charge is 0.331 e. The lowest BCUT2D eigenvalue weighted by Gasteiger charge is -2.27. The van der Waals surface area contributed by atoms with Crippen molar-refractivity contribution >= 4 is 41.1 Å². The van der Waals surface area contributed by atoms with Gasteiger partial charge in [-0.3, -0.25) is 10.3 Å². The summed E-state index contributed by atoms with van der Waals surface area (Å²) in [4.78, 5) is 37.8. The number of allylic oxidation sites excluding steroid dienone is 4. The molecule has 0 bridgehead atoms. The van der Waals surface area contributed by atoms with Crippen LogP contribution in [0.2, 0.25) is 5.02 Å². The molecule has 1 aliphatic carbocycles. The number of hydrogen-bond acceptors (Lipinski definition) is 6. The lowest BCUT2D eigenvalue weighted by atomic mass is 10.1. The van der Waals surface area contributed by atoms with Crippen molar-refractivity contribution in [2.75, 3.05) is 13.1 Å². The van der Waals surface area contributed by atoms with Gasteiger partial charge in [0.25, 0.3) is 0 Å². The maximum Gasteiger partial charge on any atom is 0.331 e. The monoisotopic (exact) mass is 578 g/mol. The molecule has 4 rings (SSSR count). The molecule has 11 heteroatoms. The first-order valence-corrected chi connectivity index (χ1v) is 13.5. The van der Waals surface area contributed by atoms with Crippen molar-refractivity contribution in [2.45, 2.75) is 39.3 Å². The van der Waals surface area contributed by atoms with Crippen LogP contribution in [-0.4, -0.2) is 51.8 Å². The minimum Gasteiger partial charge on any atom is -0.437 e. The number of nitriles is 1. The summed E-state index contributed by atoms with van der Waals surface area (Å²) in [6.45, 7) is 4.26. The van der Waals surface area contributed by atoms with E-state index in [1.807, 2.05) is 24.3 Å². The molecular weight excluding hydrogens is 551 g/mol. The number of amidine groups is 1. The van der Waals surface area contributed by atoms with E-state index in [1.165, 1.54) is 11.1 Å². The zero-order valence-electron chi connectivity index (χ0n) is 22.1. The number of amides is 4. The predicted octanol–water partition coefficient (Wildman–Crippen LogP) is 6.17. The average Bonchev–Trinajstić information content (AvgIpc) is 3.04. The fourth-order valence-electron chi connectivity index (χ4n) is 4.07. The summed E-state index contributed by atoms with van der Waals surface area (Å²) in [7, 11) is 0. The highest BCUT2D eigenvalue weighted by atomic mass is 35.5. The quantitative estimate of drug-likeness (QED) is 0.422. The van der Waals surface area contributed by atoms with Crippen molar-refractivity contribution in [1.82, 2.24) is 20.1 Å². The second-order valence-electron chi connectivity index (χ2n) is 9.48. The SMILES string of the molecule is CC(C)N1C(=O)NC(=NC/C2=C/C(Cl)=C(Oc3ccc(C#N)cn3)\C=C\CC2)CN(Cc2ccc(Cl)cc2)C1=O. The average molecular weight is 579 g/mol. The van der Waals surface area contributed by atoms with Gasteiger partial charge in [0, 0.05) is 29.9 Å². The Hall–Kier alpha value is -4.13. The summed E-state index contributed by atoms with van der Waals surface area (Å²) in [5.41, 5.74) is 2.23. The van der Waals surface area contributed by atoms with Gasteiger partial charge in [-0.05, 0) is 68.2 Å². The summed E-state index contributed by atoms with van der Waals surface area (Å²) in [5, 5.41) is 12.7. The van der Waals surface area contributed by atoms with Gasteiger partial charge in [0.1, 0.15) is 17.7 Å². The number of nitrogens with zero attached hydrogens (tertiary/aromatic N) is 5. The number of urea groups is 2. The standard InChI is InChI=1S/C29H28Cl2N6O3/c1-19(2)37-28(38)35-26(18-36(29(37)39)17-20-7-10-23(30)11-8-20)33-15-21-5-3-4-6-25(24(31)13-21)40-27-12-9-22(14-32)16-34-27/h4,6-13,16,19H,3,5,15,17-18H2,1-2H3,(H,33,35,38)/b6-4+,21-13+,25-24-. The minimum atomic E-state index is -0.518. The van der Waals surface area contributed by atoms with Crippen molar-refractivity contribution < 1.29 is 14.3 Å². The third-order valence-electron chi connectivity index (χ3n) is 6.11. The molecule has 2 aromatic rings. The lowest BCUT2D eigenvalue weighted by Crippen LogP contribution is -2.49. The molecule has 0 spiro atoms. The van der Waals surface area contributed by atoms with Crippen LogP contribution in [0, 0.1) is 11.3 Å². The Kier molecular flexibility index (Phi) is 9.59. The van der Waals surface area contributed by atoms with Crippen LogP contribution < -0.4 is 10.1 Å². The molecule has 9 nitrogen and oxygen atoms in total. The molecule has 1 fully saturated rings. The van der Waals surface area contributed by atoms with Gasteiger partial charge in [-0.1, -0.05) is 41.4 Å². The van der Waals surface area contributed by atoms with Gasteiger partial charge >= 0.3 is 12.1 Å². The van der Waals surface area contributed by atoms with Crippen molar-refractivity contribution in [2.24, 2.45) is 4.99 Å². The summed E-state index contributed by atoms with van der Waals surface area (Å²) < 4.78 is 5.85. The van der Waals surface area contributed by atoms with E-state index >= 15 is 0 Å². The van der Waals surface area contributed by atoms with Crippen molar-refractivity contribution in [1.29, 1.82) is 5.26 Å². The molecule has 1 aromatic carbocycles. The second-order valence-corrected chi connectivity index (χ2v) is 10.3. The summed E-state index contributed by atoms with van der Waals surface area (Å²) in [6, 6.07) is 11.2. The lowest BCUT2D eigenvalue weighted by molar-refractivity contribution is 0.153. The van der Waals surface area contributed by atoms with E-state index in [2.05, 4.69) is 15.3 Å². The van der Waals surface area contributed by atoms with Gasteiger partial charge in [-0.2, -0.15) is 5.26 Å². The molecule has 1 aliphatic heterocycles. The number of carbonyl (C=O) groups is 2. The second kappa shape index (κ2) is 13.3. The maximum absolute atomic E-state index is 13.3. The number of carbonyl (C=O) groups excluding carboxylic acids is 2. The van der Waals surface area contributed by atoms with Crippen molar-refractivity contribution in [3.63, 3.8) is 0 Å². The number of hydrogen-bond donors (Lipinski definition) is 1. The largest absolute Gasteiger partial charge is 0.437 e. The highest BCUT2D eigenvalue weighted by Crippen LogP contribution is 2.24. The number of nitrogens with one attached hydrogen (secondary N) is 1. The van der Waals surface area contributed by atoms with Crippen LogP contribution in [0.1, 0.15) is 37.8 Å². The molecule has 1 N–H and O–H groups in total. The highest BCUT2D eigenvalue weighted by molar-refractivity contribution is 6.31. The predicted molar refractivity (Wildman–Crippen MR) is 154 cm³/mol. The summed E-state index contributed by atoms with van der Waals surface area (Å²) in [6.07, 6.45) is 8.38. The number of ether oxygens (including phenoxy) is 1. The van der Waals surface area contributed by atoms with E-state index in [0.717, 1.165) is 17.6 Å². The van der Waals surface area contributed by atoms with Gasteiger partial charge in [0.15, 0.2) is 0 Å². The summed E-state index contributed by atoms with van der Waals surface area (Å²) >= 11 is 12.6. The molecule has 206 valence electrons. The molecule has 4 amide bonds. The Labute approximate surface area is 243 Å². The fourth-order valence-corrected chi connectivity index (χ4v) is 4.46. The Morgan fingerprint density at radius 1 is 1.18 bits per heavy atom. The van der Waals surface area contributed by atoms with E-state index in [0.29, 0.717) is 46.1 Å². The number of benzene rings is 1. The number of aromatic nitrogens is 1. The van der Waals surface area contributed by atoms with Gasteiger partial charge in [-0.25, -0.2) is 19.5 Å². The minimum absolute atomic E-state index is 0.131. The van der Waals surface area contributed by atoms with Crippen LogP contribution in [-0.2, 0) is 6.54 Å². The Balaban J connectivity index is 1.54. The van der Waals surface area contributed by atoms with E-state index in [4.69, 9.17) is 33.2 Å². The molecule has 2 heterocycles. The van der Waals surface area contributed by atoms with Crippen molar-refractivity contribution in [3.8, 4) is 11.9 Å². The van der Waals surface area contributed by atoms with Crippen LogP contribution in [0.4, 0.5) is 9.59 Å². The molecule has 1 saturated heterocycles. The number of halogens is 2. The first-order valence-electron chi connectivity index (χ1n) is 12.7. The molecule has 1 aromatic heterocycles. The van der Waals surface area contributed by atoms with Crippen LogP contribution in [0.25, 0.3) is 0 Å². The molecule has 40 heavy (non-hydrogen) atoms. The van der Waals surface area contributed by atoms with E-state index < -0.39 is 12.1 Å². The molecule has 0 saturated carbocycles. The number of pyridine rings is 1. The highest BCUT2D eigenvalue weighted by Gasteiger charge is 2.34. The third-order valence-corrected chi connectivity index (χ3v) is 6.66. The fraction of sp³-hybridized carbons (Fsp3) is 0.276. The van der Waals surface area contributed by atoms with Crippen LogP contribution in [0.5, 0.6) is 5.88 Å². The van der Waals surface area contributed by atoms with E-state index in [-0.39, 0.29) is 19.1 Å². The normalized spacial score (nSPS) is 21.2. The number of aliphatic imine (C=N–C) groups is 1. The summed E-state index contributed by atoms with van der Waals surface area (Å²) in [5.74, 6) is 1.11. The number of imide groups is 1. The molecule has 2 aliphatic rings. The molecule has 0 atom stereocenters. The molecule has 0 unspecified atom stereocenters. The Bertz CT molecular complexity index is 1420. The van der Waals surface area contributed by atoms with E-state index in [9.17, 15) is 9.59 Å². The van der Waals surface area contributed by atoms with Crippen LogP contribution >= 0.6 is 23.2 Å². The van der Waals surface area contributed by atoms with Gasteiger partial charge < -0.3 is 9.64 Å². The number of rotatable bonds is 7. The van der Waals surface area contributed by atoms with Gasteiger partial charge in [0.2, 0.25) is 5.88 Å². The Morgan fingerprint density at radius 2 is 1.95 bits per heavy atom.